The van der Waals surface area contributed by atoms with Gasteiger partial charge in [0.1, 0.15) is 0 Å². The van der Waals surface area contributed by atoms with E-state index in [0.29, 0.717) is 0 Å². The summed E-state index contributed by atoms with van der Waals surface area (Å²) in [5, 5.41) is 10.1. The SMILES string of the molecule is OCCc1c(C(Cl)(Cl)C(Cl)(Cl)C(Cl)(Cl)C(Cl)(Cl)Cl)cc(C(Cl)(Cl)C(Cl)(Cl)C(Cl)(Cl)C(Cl)(Cl)Cl)cc1C(Cl)(Cl)C(Cl)(Cl)C(Cl)(Cl)C(Cl)(Cl)Cl. The normalized spacial score (nSPS) is 16.1. The zero-order valence-corrected chi connectivity index (χ0v) is 41.6. The lowest BCUT2D eigenvalue weighted by molar-refractivity contribution is 0.298. The fourth-order valence-electron chi connectivity index (χ4n) is 3.44. The summed E-state index contributed by atoms with van der Waals surface area (Å²) < 4.78 is -34.6. The number of hydrogen-bond acceptors (Lipinski definition) is 1. The van der Waals surface area contributed by atoms with Gasteiger partial charge in [0.05, 0.1) is 0 Å². The van der Waals surface area contributed by atoms with Crippen molar-refractivity contribution in [1.82, 2.24) is 0 Å². The first-order valence-electron chi connectivity index (χ1n) is 10.9. The molecule has 1 aromatic rings. The molecule has 0 radical (unpaired) electrons. The van der Waals surface area contributed by atoms with Crippen LogP contribution in [-0.4, -0.2) is 49.1 Å². The summed E-state index contributed by atoms with van der Waals surface area (Å²) in [4.78, 5) is 0. The topological polar surface area (TPSA) is 20.2 Å². The molecule has 0 aliphatic carbocycles. The van der Waals surface area contributed by atoms with Crippen LogP contribution < -0.4 is 0 Å². The third-order valence-corrected chi connectivity index (χ3v) is 22.5. The smallest absolute Gasteiger partial charge is 0.226 e. The Kier molecular flexibility index (Phi) is 18.6. The Hall–Kier alpha value is 7.01. The highest BCUT2D eigenvalue weighted by molar-refractivity contribution is 6.82. The number of halogens is 27. The lowest BCUT2D eigenvalue weighted by Crippen LogP contribution is -2.57. The molecule has 0 saturated heterocycles. The molecule has 1 rings (SSSR count). The summed E-state index contributed by atoms with van der Waals surface area (Å²) in [6, 6.07) is 1.80. The van der Waals surface area contributed by atoms with E-state index in [9.17, 15) is 5.11 Å². The van der Waals surface area contributed by atoms with Crippen molar-refractivity contribution in [3.05, 3.63) is 34.4 Å². The first-order chi connectivity index (χ1) is 20.5. The van der Waals surface area contributed by atoms with Crippen LogP contribution in [0.25, 0.3) is 0 Å². The van der Waals surface area contributed by atoms with Gasteiger partial charge in [-0.1, -0.05) is 313 Å². The molecule has 1 aromatic carbocycles. The van der Waals surface area contributed by atoms with Gasteiger partial charge in [-0.3, -0.25) is 0 Å². The van der Waals surface area contributed by atoms with Crippen molar-refractivity contribution in [2.45, 2.75) is 56.8 Å². The highest BCUT2D eigenvalue weighted by atomic mass is 35.6. The van der Waals surface area contributed by atoms with Crippen molar-refractivity contribution in [2.75, 3.05) is 6.61 Å². The van der Waals surface area contributed by atoms with Crippen LogP contribution in [0.1, 0.15) is 22.3 Å². The van der Waals surface area contributed by atoms with Gasteiger partial charge in [-0.2, -0.15) is 0 Å². The molecule has 0 amide bonds. The predicted octanol–water partition coefficient (Wildman–Crippen LogP) is 17.3. The van der Waals surface area contributed by atoms with E-state index < -0.39 is 80.1 Å². The van der Waals surface area contributed by atoms with Gasteiger partial charge in [0.25, 0.3) is 0 Å². The molecule has 1 N–H and O–H groups in total. The van der Waals surface area contributed by atoms with Crippen molar-refractivity contribution < 1.29 is 5.11 Å². The van der Waals surface area contributed by atoms with Gasteiger partial charge in [0.15, 0.2) is 26.0 Å². The van der Waals surface area contributed by atoms with Gasteiger partial charge in [-0.15, -0.1) is 0 Å². The number of hydrogen-bond donors (Lipinski definition) is 1. The van der Waals surface area contributed by atoms with Crippen LogP contribution in [0.4, 0.5) is 0 Å². The molecular formula is C20H7Cl27O. The molecule has 0 saturated carbocycles. The van der Waals surface area contributed by atoms with Gasteiger partial charge >= 0.3 is 0 Å². The second kappa shape index (κ2) is 16.8. The zero-order chi connectivity index (χ0) is 39.1. The Morgan fingerprint density at radius 3 is 0.792 bits per heavy atom. The minimum atomic E-state index is -3.00. The maximum Gasteiger partial charge on any atom is 0.226 e. The summed E-state index contributed by atoms with van der Waals surface area (Å²) in [5.74, 6) is 0. The van der Waals surface area contributed by atoms with Crippen LogP contribution in [0.15, 0.2) is 12.1 Å². The summed E-state index contributed by atoms with van der Waals surface area (Å²) in [5.41, 5.74) is -2.15. The highest BCUT2D eigenvalue weighted by Gasteiger charge is 2.73. The first kappa shape index (κ1) is 53.0. The molecular weight excluding hydrogens is 1210 g/mol. The van der Waals surface area contributed by atoms with Crippen molar-refractivity contribution in [3.63, 3.8) is 0 Å². The second-order valence-corrected chi connectivity index (χ2v) is 28.0. The zero-order valence-electron chi connectivity index (χ0n) is 21.2. The highest BCUT2D eigenvalue weighted by Crippen LogP contribution is 2.70. The van der Waals surface area contributed by atoms with E-state index in [2.05, 4.69) is 0 Å². The fraction of sp³-hybridized carbons (Fsp3) is 0.700. The largest absolute Gasteiger partial charge is 0.396 e. The molecule has 0 aliphatic rings. The summed E-state index contributed by atoms with van der Waals surface area (Å²) >= 11 is 172. The Morgan fingerprint density at radius 2 is 0.583 bits per heavy atom. The van der Waals surface area contributed by atoms with E-state index in [1.54, 1.807) is 0 Å². The number of aliphatic hydroxyl groups is 1. The van der Waals surface area contributed by atoms with E-state index in [-0.39, 0.29) is 5.56 Å². The van der Waals surface area contributed by atoms with Gasteiger partial charge in [-0.05, 0) is 40.8 Å². The summed E-state index contributed by atoms with van der Waals surface area (Å²) in [6.07, 6.45) is -0.550. The number of rotatable bonds is 11. The molecule has 282 valence electrons. The van der Waals surface area contributed by atoms with Crippen molar-refractivity contribution in [3.8, 4) is 0 Å². The molecule has 0 atom stereocenters. The standard InChI is InChI=1S/C20H7Cl27O/c21-9(22,12(27,28)15(33,34)18(39,40)41)5-3-7(10(23,24)13(29,30)16(35,36)19(42,43)44)6(1-2-48)8(4-5)11(25,26)14(31,32)17(37,38)20(45,46)47/h3-4,48H,1-2H2. The molecule has 28 heteroatoms. The van der Waals surface area contributed by atoms with Gasteiger partial charge in [0.2, 0.25) is 24.4 Å². The maximum absolute atomic E-state index is 10.1. The number of benzene rings is 1. The maximum atomic E-state index is 10.1. The monoisotopic (exact) mass is 1210 g/mol. The molecule has 1 nitrogen and oxygen atoms in total. The van der Waals surface area contributed by atoms with E-state index in [1.807, 2.05) is 0 Å². The average Bonchev–Trinajstić information content (AvgIpc) is 2.85. The van der Waals surface area contributed by atoms with Crippen molar-refractivity contribution >= 4 is 313 Å². The van der Waals surface area contributed by atoms with E-state index in [4.69, 9.17) is 313 Å². The molecule has 0 spiro atoms. The minimum absolute atomic E-state index is 0.349. The van der Waals surface area contributed by atoms with E-state index in [0.717, 1.165) is 12.1 Å². The quantitative estimate of drug-likeness (QED) is 0.219. The third-order valence-electron chi connectivity index (χ3n) is 6.08. The van der Waals surface area contributed by atoms with Crippen molar-refractivity contribution in [1.29, 1.82) is 0 Å². The Morgan fingerprint density at radius 1 is 0.354 bits per heavy atom. The summed E-state index contributed by atoms with van der Waals surface area (Å²) in [7, 11) is 0. The molecule has 0 fully saturated rings. The van der Waals surface area contributed by atoms with Crippen molar-refractivity contribution in [2.24, 2.45) is 0 Å². The van der Waals surface area contributed by atoms with Gasteiger partial charge < -0.3 is 5.11 Å². The predicted molar refractivity (Wildman–Crippen MR) is 225 cm³/mol. The Bertz CT molecular complexity index is 1250. The molecule has 0 aliphatic heterocycles. The van der Waals surface area contributed by atoms with Crippen LogP contribution in [-0.2, 0) is 19.4 Å². The lowest BCUT2D eigenvalue weighted by Gasteiger charge is -2.48. The third kappa shape index (κ3) is 9.18. The second-order valence-electron chi connectivity index (χ2n) is 9.19. The fourth-order valence-corrected chi connectivity index (χ4v) is 10.2. The van der Waals surface area contributed by atoms with Gasteiger partial charge in [0, 0.05) is 6.61 Å². The number of aliphatic hydroxyl groups excluding tert-OH is 1. The van der Waals surface area contributed by atoms with Crippen LogP contribution in [0.3, 0.4) is 0 Å². The number of alkyl halides is 27. The summed E-state index contributed by atoms with van der Waals surface area (Å²) in [6.45, 7) is -0.765. The first-order valence-corrected chi connectivity index (χ1v) is 21.1. The van der Waals surface area contributed by atoms with Crippen LogP contribution >= 0.6 is 313 Å². The Labute approximate surface area is 410 Å². The minimum Gasteiger partial charge on any atom is -0.396 e. The average molecular weight is 1220 g/mol. The van der Waals surface area contributed by atoms with E-state index >= 15 is 0 Å². The molecule has 0 unspecified atom stereocenters. The molecule has 0 aromatic heterocycles. The Balaban J connectivity index is 4.74. The molecule has 0 bridgehead atoms. The lowest BCUT2D eigenvalue weighted by atomic mass is 9.87. The van der Waals surface area contributed by atoms with Crippen LogP contribution in [0.2, 0.25) is 0 Å². The molecule has 0 heterocycles. The van der Waals surface area contributed by atoms with Gasteiger partial charge in [-0.25, -0.2) is 0 Å². The van der Waals surface area contributed by atoms with Crippen LogP contribution in [0, 0.1) is 0 Å². The van der Waals surface area contributed by atoms with E-state index in [1.165, 1.54) is 0 Å². The van der Waals surface area contributed by atoms with Crippen LogP contribution in [0.5, 0.6) is 0 Å². The molecule has 48 heavy (non-hydrogen) atoms.